The van der Waals surface area contributed by atoms with Gasteiger partial charge < -0.3 is 9.80 Å². The summed E-state index contributed by atoms with van der Waals surface area (Å²) in [5, 5.41) is 11.8. The average molecular weight is 520 g/mol. The van der Waals surface area contributed by atoms with Crippen molar-refractivity contribution in [2.45, 2.75) is 43.0 Å². The van der Waals surface area contributed by atoms with Crippen LogP contribution in [-0.4, -0.2) is 57.5 Å². The van der Waals surface area contributed by atoms with Crippen LogP contribution in [0.3, 0.4) is 0 Å². The van der Waals surface area contributed by atoms with E-state index >= 15 is 0 Å². The zero-order valence-corrected chi connectivity index (χ0v) is 21.9. The van der Waals surface area contributed by atoms with E-state index in [1.54, 1.807) is 29.1 Å². The minimum atomic E-state index is -0.170. The molecule has 3 heterocycles. The summed E-state index contributed by atoms with van der Waals surface area (Å²) < 4.78 is 0. The number of benzene rings is 1. The Labute approximate surface area is 220 Å². The summed E-state index contributed by atoms with van der Waals surface area (Å²) in [6.45, 7) is 2.13. The number of nitriles is 1. The number of rotatable bonds is 9. The van der Waals surface area contributed by atoms with E-state index in [-0.39, 0.29) is 24.2 Å². The number of hydrogen-bond acceptors (Lipinski definition) is 7. The highest BCUT2D eigenvalue weighted by molar-refractivity contribution is 7.98. The molecule has 186 valence electrons. The molecule has 7 nitrogen and oxygen atoms in total. The predicted molar refractivity (Wildman–Crippen MR) is 142 cm³/mol. The van der Waals surface area contributed by atoms with Gasteiger partial charge in [0.25, 0.3) is 5.91 Å². The van der Waals surface area contributed by atoms with Gasteiger partial charge in [0.05, 0.1) is 23.9 Å². The number of thiazole rings is 1. The summed E-state index contributed by atoms with van der Waals surface area (Å²) in [4.78, 5) is 39.6. The highest BCUT2D eigenvalue weighted by atomic mass is 32.2. The summed E-state index contributed by atoms with van der Waals surface area (Å²) >= 11 is 3.20. The van der Waals surface area contributed by atoms with Gasteiger partial charge in [-0.1, -0.05) is 18.2 Å². The Bertz CT molecular complexity index is 1200. The van der Waals surface area contributed by atoms with E-state index in [0.717, 1.165) is 29.0 Å². The Kier molecular flexibility index (Phi) is 9.09. The first-order chi connectivity index (χ1) is 17.6. The largest absolute Gasteiger partial charge is 0.342 e. The van der Waals surface area contributed by atoms with Gasteiger partial charge in [-0.3, -0.25) is 14.6 Å². The molecule has 4 rings (SSSR count). The smallest absolute Gasteiger partial charge is 0.273 e. The van der Waals surface area contributed by atoms with Crippen LogP contribution in [0.2, 0.25) is 0 Å². The van der Waals surface area contributed by atoms with Crippen LogP contribution in [0.1, 0.15) is 51.8 Å². The van der Waals surface area contributed by atoms with Gasteiger partial charge in [-0.05, 0) is 48.4 Å². The third-order valence-corrected chi connectivity index (χ3v) is 8.08. The Balaban J connectivity index is 1.33. The number of carbonyl (C=O) groups is 2. The molecule has 0 saturated carbocycles. The molecular weight excluding hydrogens is 490 g/mol. The van der Waals surface area contributed by atoms with E-state index in [1.165, 1.54) is 16.2 Å². The molecule has 2 aromatic heterocycles. The van der Waals surface area contributed by atoms with Crippen molar-refractivity contribution in [2.24, 2.45) is 0 Å². The number of thioether (sulfide) groups is 1. The van der Waals surface area contributed by atoms with Gasteiger partial charge in [-0.2, -0.15) is 5.26 Å². The molecule has 9 heteroatoms. The van der Waals surface area contributed by atoms with Gasteiger partial charge in [0.1, 0.15) is 5.69 Å². The van der Waals surface area contributed by atoms with E-state index in [4.69, 9.17) is 5.26 Å². The minimum absolute atomic E-state index is 0.156. The Morgan fingerprint density at radius 1 is 1.19 bits per heavy atom. The lowest BCUT2D eigenvalue weighted by atomic mass is 9.97. The first kappa shape index (κ1) is 25.9. The van der Waals surface area contributed by atoms with Crippen LogP contribution in [-0.2, 0) is 17.8 Å². The van der Waals surface area contributed by atoms with Gasteiger partial charge in [0.2, 0.25) is 5.91 Å². The Hall–Kier alpha value is -3.22. The van der Waals surface area contributed by atoms with Crippen LogP contribution in [0.15, 0.2) is 59.1 Å². The maximum absolute atomic E-state index is 13.2. The van der Waals surface area contributed by atoms with Gasteiger partial charge >= 0.3 is 0 Å². The van der Waals surface area contributed by atoms with Gasteiger partial charge in [-0.25, -0.2) is 4.98 Å². The molecule has 0 atom stereocenters. The van der Waals surface area contributed by atoms with Crippen molar-refractivity contribution in [3.63, 3.8) is 0 Å². The molecule has 0 unspecified atom stereocenters. The molecule has 0 bridgehead atoms. The number of likely N-dealkylation sites (tertiary alicyclic amines) is 1. The second kappa shape index (κ2) is 12.7. The van der Waals surface area contributed by atoms with Crippen molar-refractivity contribution in [3.05, 3.63) is 76.0 Å². The van der Waals surface area contributed by atoms with Crippen molar-refractivity contribution in [2.75, 3.05) is 25.9 Å². The first-order valence-corrected chi connectivity index (χ1v) is 14.1. The van der Waals surface area contributed by atoms with E-state index in [2.05, 4.69) is 28.2 Å². The minimum Gasteiger partial charge on any atom is -0.342 e. The van der Waals surface area contributed by atoms with Crippen LogP contribution < -0.4 is 0 Å². The van der Waals surface area contributed by atoms with Crippen molar-refractivity contribution in [1.29, 1.82) is 5.26 Å². The number of piperidine rings is 1. The molecule has 0 N–H and O–H groups in total. The van der Waals surface area contributed by atoms with Crippen LogP contribution in [0.4, 0.5) is 0 Å². The SMILES string of the molecule is CSc1ccc(CC(=O)N2CCC(c3nc(C(=O)N(CCC#N)Cc4cccnc4)cs3)CC2)cc1. The van der Waals surface area contributed by atoms with Crippen molar-refractivity contribution in [3.8, 4) is 6.07 Å². The van der Waals surface area contributed by atoms with Crippen LogP contribution in [0.25, 0.3) is 0 Å². The molecule has 0 aliphatic carbocycles. The van der Waals surface area contributed by atoms with Crippen LogP contribution in [0.5, 0.6) is 0 Å². The lowest BCUT2D eigenvalue weighted by Crippen LogP contribution is -2.38. The van der Waals surface area contributed by atoms with Gasteiger partial charge in [-0.15, -0.1) is 23.1 Å². The zero-order valence-electron chi connectivity index (χ0n) is 20.3. The molecule has 1 fully saturated rings. The number of pyridine rings is 1. The summed E-state index contributed by atoms with van der Waals surface area (Å²) in [6.07, 6.45) is 7.83. The number of aromatic nitrogens is 2. The van der Waals surface area contributed by atoms with E-state index in [0.29, 0.717) is 38.3 Å². The van der Waals surface area contributed by atoms with Crippen LogP contribution >= 0.6 is 23.1 Å². The Morgan fingerprint density at radius 3 is 2.64 bits per heavy atom. The van der Waals surface area contributed by atoms with Crippen LogP contribution in [0, 0.1) is 11.3 Å². The molecular formula is C27H29N5O2S2. The quantitative estimate of drug-likeness (QED) is 0.379. The number of nitrogens with zero attached hydrogens (tertiary/aromatic N) is 5. The van der Waals surface area contributed by atoms with Crippen molar-refractivity contribution in [1.82, 2.24) is 19.8 Å². The van der Waals surface area contributed by atoms with E-state index in [1.807, 2.05) is 40.8 Å². The second-order valence-electron chi connectivity index (χ2n) is 8.75. The van der Waals surface area contributed by atoms with Crippen molar-refractivity contribution >= 4 is 34.9 Å². The summed E-state index contributed by atoms with van der Waals surface area (Å²) in [7, 11) is 0. The molecule has 1 aromatic carbocycles. The van der Waals surface area contributed by atoms with E-state index in [9.17, 15) is 9.59 Å². The number of carbonyl (C=O) groups excluding carboxylic acids is 2. The highest BCUT2D eigenvalue weighted by Crippen LogP contribution is 2.31. The fraction of sp³-hybridized carbons (Fsp3) is 0.370. The van der Waals surface area contributed by atoms with Gasteiger partial charge in [0, 0.05) is 54.8 Å². The van der Waals surface area contributed by atoms with Gasteiger partial charge in [0.15, 0.2) is 0 Å². The first-order valence-electron chi connectivity index (χ1n) is 12.0. The average Bonchev–Trinajstić information content (AvgIpc) is 3.42. The second-order valence-corrected chi connectivity index (χ2v) is 10.5. The summed E-state index contributed by atoms with van der Waals surface area (Å²) in [5.41, 5.74) is 2.37. The maximum Gasteiger partial charge on any atom is 0.273 e. The standard InChI is InChI=1S/C27H29N5O2S2/c1-35-23-7-5-20(6-8-23)16-25(33)31-14-9-22(10-15-31)26-30-24(19-36-26)27(34)32(13-3-11-28)18-21-4-2-12-29-17-21/h2,4-8,12,17,19,22H,3,9-10,13-16,18H2,1H3. The van der Waals surface area contributed by atoms with E-state index < -0.39 is 0 Å². The molecule has 2 amide bonds. The molecule has 0 radical (unpaired) electrons. The maximum atomic E-state index is 13.2. The topological polar surface area (TPSA) is 90.2 Å². The summed E-state index contributed by atoms with van der Waals surface area (Å²) in [5.74, 6) is 0.230. The normalized spacial score (nSPS) is 13.8. The molecule has 36 heavy (non-hydrogen) atoms. The predicted octanol–water partition coefficient (Wildman–Crippen LogP) is 4.76. The highest BCUT2D eigenvalue weighted by Gasteiger charge is 2.27. The lowest BCUT2D eigenvalue weighted by molar-refractivity contribution is -0.131. The summed E-state index contributed by atoms with van der Waals surface area (Å²) in [6, 6.07) is 14.0. The third-order valence-electron chi connectivity index (χ3n) is 6.33. The molecule has 0 spiro atoms. The molecule has 3 aromatic rings. The fourth-order valence-electron chi connectivity index (χ4n) is 4.29. The number of amides is 2. The zero-order chi connectivity index (χ0) is 25.3. The Morgan fingerprint density at radius 2 is 1.97 bits per heavy atom. The molecule has 1 aliphatic heterocycles. The van der Waals surface area contributed by atoms with Crippen molar-refractivity contribution < 1.29 is 9.59 Å². The molecule has 1 aliphatic rings. The third kappa shape index (κ3) is 6.71. The molecule has 1 saturated heterocycles. The fourth-order valence-corrected chi connectivity index (χ4v) is 5.66. The monoisotopic (exact) mass is 519 g/mol. The number of hydrogen-bond donors (Lipinski definition) is 0. The lowest BCUT2D eigenvalue weighted by Gasteiger charge is -2.31.